The average Bonchev–Trinajstić information content (AvgIpc) is 3.33. The molecule has 11 nitrogen and oxygen atoms in total. The Hall–Kier alpha value is -4.94. The molecule has 0 spiro atoms. The Morgan fingerprint density at radius 2 is 1.45 bits per heavy atom. The van der Waals surface area contributed by atoms with Crippen LogP contribution in [0.2, 0.25) is 0 Å². The topological polar surface area (TPSA) is 171 Å². The molecule has 0 fully saturated rings. The molecule has 1 aliphatic rings. The third-order valence-electron chi connectivity index (χ3n) is 7.52. The van der Waals surface area contributed by atoms with Gasteiger partial charge in [-0.1, -0.05) is 72.8 Å². The molecule has 5 N–H and O–H groups in total. The molecule has 1 atom stereocenters. The number of fused-ring (bicyclic) bond motifs is 4. The lowest BCUT2D eigenvalue weighted by molar-refractivity contribution is -0.139. The highest BCUT2D eigenvalue weighted by molar-refractivity contribution is 7.86. The number of carboxylic acids is 1. The van der Waals surface area contributed by atoms with Gasteiger partial charge in [-0.15, -0.1) is 0 Å². The lowest BCUT2D eigenvalue weighted by atomic mass is 9.98. The number of amides is 2. The number of hydrogen-bond donors (Lipinski definition) is 5. The number of benzene rings is 4. The van der Waals surface area contributed by atoms with Crippen LogP contribution in [0.5, 0.6) is 0 Å². The smallest absolute Gasteiger partial charge is 0.407 e. The normalized spacial score (nSPS) is 13.0. The summed E-state index contributed by atoms with van der Waals surface area (Å²) in [7, 11) is -4.40. The van der Waals surface area contributed by atoms with Crippen molar-refractivity contribution in [3.8, 4) is 11.1 Å². The molecule has 0 aliphatic heterocycles. The third kappa shape index (κ3) is 6.82. The van der Waals surface area contributed by atoms with Crippen LogP contribution in [0.15, 0.2) is 89.8 Å². The quantitative estimate of drug-likeness (QED) is 0.114. The third-order valence-corrected chi connectivity index (χ3v) is 8.43. The monoisotopic (exact) mass is 617 g/mol. The van der Waals surface area contributed by atoms with Gasteiger partial charge in [0.15, 0.2) is 0 Å². The summed E-state index contributed by atoms with van der Waals surface area (Å²) < 4.78 is 38.3. The van der Waals surface area contributed by atoms with Crippen LogP contribution >= 0.6 is 0 Å². The van der Waals surface area contributed by atoms with Crippen molar-refractivity contribution in [2.24, 2.45) is 0 Å². The van der Waals surface area contributed by atoms with E-state index in [1.54, 1.807) is 24.3 Å². The minimum absolute atomic E-state index is 0.0352. The van der Waals surface area contributed by atoms with Crippen LogP contribution in [0.4, 0.5) is 10.5 Å². The zero-order valence-electron chi connectivity index (χ0n) is 23.5. The van der Waals surface area contributed by atoms with E-state index in [9.17, 15) is 32.5 Å². The lowest BCUT2D eigenvalue weighted by Gasteiger charge is -2.17. The fourth-order valence-corrected chi connectivity index (χ4v) is 6.17. The Bertz CT molecular complexity index is 1780. The van der Waals surface area contributed by atoms with Crippen molar-refractivity contribution in [1.29, 1.82) is 0 Å². The second kappa shape index (κ2) is 13.1. The summed E-state index contributed by atoms with van der Waals surface area (Å²) >= 11 is 0. The zero-order valence-corrected chi connectivity index (χ0v) is 24.3. The highest BCUT2D eigenvalue weighted by atomic mass is 32.2. The number of carbonyl (C=O) groups excluding carboxylic acids is 2. The predicted molar refractivity (Wildman–Crippen MR) is 164 cm³/mol. The Morgan fingerprint density at radius 3 is 2.11 bits per heavy atom. The Balaban J connectivity index is 1.08. The first kappa shape index (κ1) is 30.5. The van der Waals surface area contributed by atoms with Gasteiger partial charge in [0.2, 0.25) is 5.91 Å². The fourth-order valence-electron chi connectivity index (χ4n) is 5.46. The molecule has 2 amide bonds. The number of anilines is 1. The lowest BCUT2D eigenvalue weighted by Crippen LogP contribution is -2.42. The van der Waals surface area contributed by atoms with Gasteiger partial charge in [0.25, 0.3) is 10.1 Å². The molecule has 1 unspecified atom stereocenters. The molecule has 1 aliphatic carbocycles. The van der Waals surface area contributed by atoms with Crippen molar-refractivity contribution in [3.63, 3.8) is 0 Å². The molecule has 0 saturated heterocycles. The van der Waals surface area contributed by atoms with Crippen molar-refractivity contribution >= 4 is 44.5 Å². The van der Waals surface area contributed by atoms with Gasteiger partial charge in [-0.3, -0.25) is 9.35 Å². The van der Waals surface area contributed by atoms with Crippen LogP contribution < -0.4 is 16.0 Å². The molecule has 4 aromatic rings. The minimum atomic E-state index is -4.40. The van der Waals surface area contributed by atoms with Gasteiger partial charge >= 0.3 is 12.1 Å². The van der Waals surface area contributed by atoms with Crippen LogP contribution in [0, 0.1) is 0 Å². The number of carboxylic acid groups (broad SMARTS) is 1. The number of rotatable bonds is 12. The second-order valence-electron chi connectivity index (χ2n) is 10.3. The van der Waals surface area contributed by atoms with Crippen LogP contribution in [-0.2, 0) is 24.4 Å². The van der Waals surface area contributed by atoms with Crippen LogP contribution in [0.3, 0.4) is 0 Å². The van der Waals surface area contributed by atoms with E-state index >= 15 is 0 Å². The average molecular weight is 618 g/mol. The van der Waals surface area contributed by atoms with Crippen molar-refractivity contribution in [2.45, 2.75) is 29.7 Å². The van der Waals surface area contributed by atoms with Crippen LogP contribution in [0.25, 0.3) is 21.9 Å². The molecule has 4 aromatic carbocycles. The zero-order chi connectivity index (χ0) is 31.3. The summed E-state index contributed by atoms with van der Waals surface area (Å²) in [6, 6.07) is 23.9. The van der Waals surface area contributed by atoms with Gasteiger partial charge in [0.1, 0.15) is 17.5 Å². The number of carbonyl (C=O) groups is 3. The predicted octanol–water partition coefficient (Wildman–Crippen LogP) is 4.39. The largest absolute Gasteiger partial charge is 0.480 e. The van der Waals surface area contributed by atoms with Crippen molar-refractivity contribution in [1.82, 2.24) is 10.6 Å². The molecule has 0 saturated carbocycles. The van der Waals surface area contributed by atoms with E-state index in [0.717, 1.165) is 22.3 Å². The number of alkyl carbamates (subject to hydrolysis) is 1. The maximum Gasteiger partial charge on any atom is 0.407 e. The second-order valence-corrected chi connectivity index (χ2v) is 11.7. The summed E-state index contributed by atoms with van der Waals surface area (Å²) in [5.74, 6) is -1.86. The molecule has 44 heavy (non-hydrogen) atoms. The number of ether oxygens (including phenoxy) is 1. The molecule has 0 aromatic heterocycles. The van der Waals surface area contributed by atoms with Crippen molar-refractivity contribution in [2.75, 3.05) is 25.0 Å². The van der Waals surface area contributed by atoms with Gasteiger partial charge in [-0.05, 0) is 40.8 Å². The first-order chi connectivity index (χ1) is 21.1. The van der Waals surface area contributed by atoms with E-state index in [-0.39, 0.29) is 36.8 Å². The highest BCUT2D eigenvalue weighted by Crippen LogP contribution is 2.44. The van der Waals surface area contributed by atoms with E-state index in [0.29, 0.717) is 23.0 Å². The number of aliphatic carboxylic acids is 1. The SMILES string of the molecule is O=C(CCC(NC(=O)OCC1c2ccccc2-c2ccccc21)C(=O)O)NCCNc1cccc2c(S(=O)(=O)O)cccc12. The van der Waals surface area contributed by atoms with Crippen molar-refractivity contribution in [3.05, 3.63) is 96.1 Å². The van der Waals surface area contributed by atoms with Crippen LogP contribution in [0.1, 0.15) is 29.9 Å². The highest BCUT2D eigenvalue weighted by Gasteiger charge is 2.30. The minimum Gasteiger partial charge on any atom is -0.480 e. The standard InChI is InChI=1S/C32H31N3O8S/c36-30(34-18-17-33-27-13-5-12-25-24(27)11-6-14-29(25)44(40,41)42)16-15-28(31(37)38)35-32(39)43-19-26-22-9-3-1-7-20(22)21-8-2-4-10-23(21)26/h1-14,26,28,33H,15-19H2,(H,34,36)(H,35,39)(H,37,38)(H,40,41,42). The van der Waals surface area contributed by atoms with Gasteiger partial charge in [0, 0.05) is 41.9 Å². The van der Waals surface area contributed by atoms with E-state index in [1.807, 2.05) is 48.5 Å². The summed E-state index contributed by atoms with van der Waals surface area (Å²) in [5.41, 5.74) is 4.83. The molecule has 12 heteroatoms. The molecule has 5 rings (SSSR count). The van der Waals surface area contributed by atoms with E-state index < -0.39 is 34.1 Å². The Labute approximate surface area is 254 Å². The summed E-state index contributed by atoms with van der Waals surface area (Å²) in [6.07, 6.45) is -1.16. The molecule has 0 radical (unpaired) electrons. The van der Waals surface area contributed by atoms with Crippen LogP contribution in [-0.4, -0.2) is 61.8 Å². The molecule has 0 heterocycles. The maximum atomic E-state index is 12.5. The van der Waals surface area contributed by atoms with E-state index in [4.69, 9.17) is 4.74 Å². The van der Waals surface area contributed by atoms with Gasteiger partial charge < -0.3 is 25.8 Å². The maximum absolute atomic E-state index is 12.5. The van der Waals surface area contributed by atoms with Crippen molar-refractivity contribution < 1.29 is 37.2 Å². The number of hydrogen-bond acceptors (Lipinski definition) is 7. The Morgan fingerprint density at radius 1 is 0.818 bits per heavy atom. The first-order valence-electron chi connectivity index (χ1n) is 14.0. The molecular weight excluding hydrogens is 586 g/mol. The van der Waals surface area contributed by atoms with Gasteiger partial charge in [0.05, 0.1) is 0 Å². The first-order valence-corrected chi connectivity index (χ1v) is 15.4. The molecular formula is C32H31N3O8S. The molecule has 0 bridgehead atoms. The van der Waals surface area contributed by atoms with E-state index in [1.165, 1.54) is 12.1 Å². The fraction of sp³-hybridized carbons (Fsp3) is 0.219. The van der Waals surface area contributed by atoms with Gasteiger partial charge in [-0.2, -0.15) is 8.42 Å². The van der Waals surface area contributed by atoms with E-state index in [2.05, 4.69) is 16.0 Å². The summed E-state index contributed by atoms with van der Waals surface area (Å²) in [4.78, 5) is 36.5. The number of nitrogens with one attached hydrogen (secondary N) is 3. The summed E-state index contributed by atoms with van der Waals surface area (Å²) in [5, 5.41) is 18.7. The summed E-state index contributed by atoms with van der Waals surface area (Å²) in [6.45, 7) is 0.527. The Kier molecular flexibility index (Phi) is 9.12. The van der Waals surface area contributed by atoms with Gasteiger partial charge in [-0.25, -0.2) is 9.59 Å². The molecule has 228 valence electrons.